The van der Waals surface area contributed by atoms with Gasteiger partial charge in [0, 0.05) is 55.1 Å². The fourth-order valence-corrected chi connectivity index (χ4v) is 11.3. The van der Waals surface area contributed by atoms with Gasteiger partial charge in [-0.05, 0) is 102 Å². The molecule has 2 unspecified atom stereocenters. The molecule has 9 heterocycles. The third-order valence-electron chi connectivity index (χ3n) is 13.3. The van der Waals surface area contributed by atoms with Crippen LogP contribution < -0.4 is 5.73 Å². The summed E-state index contributed by atoms with van der Waals surface area (Å²) in [5, 5.41) is 0.0860. The molecule has 10 nitrogen and oxygen atoms in total. The van der Waals surface area contributed by atoms with Gasteiger partial charge in [-0.25, -0.2) is 19.6 Å². The molecule has 12 atom stereocenters. The number of rotatable bonds is 3. The van der Waals surface area contributed by atoms with Crippen molar-refractivity contribution in [1.82, 2.24) is 0 Å². The molecule has 0 aromatic heterocycles. The van der Waals surface area contributed by atoms with E-state index in [2.05, 4.69) is 35.5 Å². The van der Waals surface area contributed by atoms with Gasteiger partial charge in [0.2, 0.25) is 35.7 Å². The van der Waals surface area contributed by atoms with Crippen LogP contribution in [-0.4, -0.2) is 73.3 Å². The Labute approximate surface area is 333 Å². The van der Waals surface area contributed by atoms with E-state index < -0.39 is 65.1 Å². The molecular weight excluding hydrogens is 820 g/mol. The van der Waals surface area contributed by atoms with E-state index in [0.29, 0.717) is 55.9 Å². The third-order valence-corrected chi connectivity index (χ3v) is 13.9. The summed E-state index contributed by atoms with van der Waals surface area (Å²) in [5.41, 5.74) is 3.03. The number of ether oxygens (including phenoxy) is 5. The van der Waals surface area contributed by atoms with Gasteiger partial charge in [0.25, 0.3) is 0 Å². The van der Waals surface area contributed by atoms with Crippen LogP contribution in [0.2, 0.25) is 0 Å². The molecule has 0 aromatic carbocycles. The summed E-state index contributed by atoms with van der Waals surface area (Å²) < 4.78 is 109. The minimum Gasteiger partial charge on any atom is -0.456 e. The Bertz CT molecular complexity index is 1450. The van der Waals surface area contributed by atoms with Gasteiger partial charge in [-0.1, -0.05) is 43.1 Å². The molecule has 2 N–H and O–H groups in total. The van der Waals surface area contributed by atoms with E-state index in [0.717, 1.165) is 38.9 Å². The first-order valence-electron chi connectivity index (χ1n) is 20.2. The zero-order chi connectivity index (χ0) is 40.9. The highest BCUT2D eigenvalue weighted by atomic mass is 79.9. The molecule has 17 heteroatoms. The number of hydrogen-bond donors (Lipinski definition) is 1. The van der Waals surface area contributed by atoms with E-state index >= 15 is 0 Å². The smallest absolute Gasteiger partial charge is 0.449 e. The molecule has 0 aromatic rings. The van der Waals surface area contributed by atoms with Crippen molar-refractivity contribution < 1.29 is 69.6 Å². The fraction of sp³-hybridized carbons (Fsp3) is 0.897. The molecule has 11 rings (SSSR count). The predicted octanol–water partition coefficient (Wildman–Crippen LogP) is 9.66. The number of hydrogen-bond acceptors (Lipinski definition) is 10. The first-order valence-corrected chi connectivity index (χ1v) is 21.3. The first-order chi connectivity index (χ1) is 26.4. The van der Waals surface area contributed by atoms with E-state index in [-0.39, 0.29) is 28.7 Å². The standard InChI is InChI=1S/C18H25F3O4.C16H20BrF3O4.C4H8O.CH5N/c1-4-5-11-13-7-6-10(2)12-8-9-16(3)23-15(17(12,13)25-24-16)22-14(11)18(19,20)21;1-8-3-4-11-9(7-17)12(16(18,19)20)21-13-15(11)10(8)5-6-14(2,22-13)23-24-15;1-2-4-5-3-1;1-2/h10,12-13,15H,4-9H2,1-3H3;8,10-11,13H,3-7H2,1-2H3;1-4H2;2H2,1H3/t10-,12?,13+,15-,16+,17-;8-,10?,11+,13-,14+,15-;;/m11../s1. The van der Waals surface area contributed by atoms with E-state index in [1.165, 1.54) is 19.9 Å². The van der Waals surface area contributed by atoms with E-state index in [4.69, 9.17) is 43.2 Å². The van der Waals surface area contributed by atoms with Gasteiger partial charge in [0.05, 0.1) is 0 Å². The van der Waals surface area contributed by atoms with Gasteiger partial charge in [0.15, 0.2) is 11.2 Å². The van der Waals surface area contributed by atoms with Crippen molar-refractivity contribution in [3.05, 3.63) is 22.7 Å². The Morgan fingerprint density at radius 1 is 0.661 bits per heavy atom. The van der Waals surface area contributed by atoms with Crippen molar-refractivity contribution in [3.63, 3.8) is 0 Å². The molecule has 7 saturated heterocycles. The average molecular weight is 879 g/mol. The number of fused-ring (bicyclic) bond motifs is 4. The molecule has 9 fully saturated rings. The van der Waals surface area contributed by atoms with Gasteiger partial charge in [-0.15, -0.1) is 0 Å². The molecule has 2 aliphatic carbocycles. The van der Waals surface area contributed by atoms with Gasteiger partial charge in [0.1, 0.15) is 0 Å². The molecular formula is C39H58BrF6NO9. The van der Waals surface area contributed by atoms with Crippen LogP contribution >= 0.6 is 15.9 Å². The van der Waals surface area contributed by atoms with Crippen LogP contribution in [0.1, 0.15) is 112 Å². The fourth-order valence-electron chi connectivity index (χ4n) is 10.7. The highest BCUT2D eigenvalue weighted by Gasteiger charge is 2.71. The maximum Gasteiger partial charge on any atom is 0.449 e. The van der Waals surface area contributed by atoms with Crippen molar-refractivity contribution in [2.75, 3.05) is 25.6 Å². The molecule has 4 bridgehead atoms. The van der Waals surface area contributed by atoms with Crippen LogP contribution in [-0.2, 0) is 43.2 Å². The maximum atomic E-state index is 13.7. The lowest BCUT2D eigenvalue weighted by atomic mass is 9.59. The van der Waals surface area contributed by atoms with Crippen molar-refractivity contribution in [3.8, 4) is 0 Å². The summed E-state index contributed by atoms with van der Waals surface area (Å²) in [6, 6.07) is 0. The summed E-state index contributed by atoms with van der Waals surface area (Å²) in [6.45, 7) is 11.5. The molecule has 11 aliphatic rings. The number of nitrogens with two attached hydrogens (primary N) is 1. The number of alkyl halides is 7. The van der Waals surface area contributed by atoms with Gasteiger partial charge in [-0.2, -0.15) is 26.3 Å². The maximum absolute atomic E-state index is 13.7. The molecule has 0 amide bonds. The van der Waals surface area contributed by atoms with Gasteiger partial charge in [-0.3, -0.25) is 0 Å². The first kappa shape index (κ1) is 44.4. The summed E-state index contributed by atoms with van der Waals surface area (Å²) in [5.74, 6) is -4.03. The summed E-state index contributed by atoms with van der Waals surface area (Å²) in [6.07, 6.45) is -2.04. The molecule has 56 heavy (non-hydrogen) atoms. The minimum atomic E-state index is -4.56. The zero-order valence-electron chi connectivity index (χ0n) is 33.1. The zero-order valence-corrected chi connectivity index (χ0v) is 34.7. The van der Waals surface area contributed by atoms with E-state index in [1.807, 2.05) is 6.92 Å². The number of allylic oxidation sites excluding steroid dienone is 2. The van der Waals surface area contributed by atoms with Crippen LogP contribution in [0.15, 0.2) is 22.7 Å². The average Bonchev–Trinajstić information content (AvgIpc) is 3.56. The van der Waals surface area contributed by atoms with Gasteiger partial charge < -0.3 is 29.4 Å². The van der Waals surface area contributed by atoms with E-state index in [9.17, 15) is 26.3 Å². The van der Waals surface area contributed by atoms with E-state index in [1.54, 1.807) is 13.8 Å². The Balaban J connectivity index is 0.000000162. The molecule has 2 saturated carbocycles. The third kappa shape index (κ3) is 7.80. The monoisotopic (exact) mass is 877 g/mol. The summed E-state index contributed by atoms with van der Waals surface area (Å²) in [7, 11) is 1.50. The summed E-state index contributed by atoms with van der Waals surface area (Å²) in [4.78, 5) is 22.9. The predicted molar refractivity (Wildman–Crippen MR) is 193 cm³/mol. The molecule has 2 spiro atoms. The lowest BCUT2D eigenvalue weighted by Crippen LogP contribution is -2.67. The van der Waals surface area contributed by atoms with Crippen LogP contribution in [0.5, 0.6) is 0 Å². The largest absolute Gasteiger partial charge is 0.456 e. The Kier molecular flexibility index (Phi) is 13.2. The normalized spacial score (nSPS) is 43.5. The quantitative estimate of drug-likeness (QED) is 0.167. The molecule has 9 aliphatic heterocycles. The molecule has 322 valence electrons. The van der Waals surface area contributed by atoms with Crippen LogP contribution in [0.4, 0.5) is 26.3 Å². The van der Waals surface area contributed by atoms with Crippen molar-refractivity contribution in [1.29, 1.82) is 0 Å². The highest BCUT2D eigenvalue weighted by Crippen LogP contribution is 2.63. The summed E-state index contributed by atoms with van der Waals surface area (Å²) >= 11 is 3.22. The highest BCUT2D eigenvalue weighted by molar-refractivity contribution is 9.09. The lowest BCUT2D eigenvalue weighted by molar-refractivity contribution is -0.557. The second-order valence-corrected chi connectivity index (χ2v) is 17.4. The second-order valence-electron chi connectivity index (χ2n) is 16.9. The Hall–Kier alpha value is -1.18. The second kappa shape index (κ2) is 16.7. The SMILES string of the molecule is C1CCOC1.CCCC1=C(C(F)(F)F)O[C@@H]2O[C@]3(C)CCC4[C@H](C)CC[C@@H]1[C@]42OO3.CN.C[C@@H]1CC[C@H]2C(CBr)=C(C(F)(F)F)O[C@@H]3O[C@]4(C)CCC1[C@]32OO4. The van der Waals surface area contributed by atoms with Crippen molar-refractivity contribution >= 4 is 15.9 Å². The minimum absolute atomic E-state index is 0.0365. The Morgan fingerprint density at radius 3 is 1.46 bits per heavy atom. The molecule has 0 radical (unpaired) electrons. The van der Waals surface area contributed by atoms with Crippen LogP contribution in [0.25, 0.3) is 0 Å². The lowest BCUT2D eigenvalue weighted by Gasteiger charge is -2.57. The van der Waals surface area contributed by atoms with Crippen LogP contribution in [0.3, 0.4) is 0 Å². The van der Waals surface area contributed by atoms with Crippen molar-refractivity contribution in [2.24, 2.45) is 41.2 Å². The van der Waals surface area contributed by atoms with Crippen molar-refractivity contribution in [2.45, 2.75) is 159 Å². The Morgan fingerprint density at radius 2 is 1.09 bits per heavy atom. The van der Waals surface area contributed by atoms with Crippen LogP contribution in [0, 0.1) is 35.5 Å². The topological polar surface area (TPSA) is 109 Å². The number of halogens is 7. The van der Waals surface area contributed by atoms with Gasteiger partial charge >= 0.3 is 12.4 Å².